The SMILES string of the molecule is CC(C)CC(C(=O)NCC#N)c1ccccc1-c1cccc(O)c1. The first-order chi connectivity index (χ1) is 11.5. The van der Waals surface area contributed by atoms with Crippen LogP contribution in [-0.2, 0) is 4.79 Å². The first-order valence-electron chi connectivity index (χ1n) is 8.06. The number of rotatable bonds is 6. The Kier molecular flexibility index (Phi) is 5.97. The molecule has 124 valence electrons. The monoisotopic (exact) mass is 322 g/mol. The van der Waals surface area contributed by atoms with Gasteiger partial charge < -0.3 is 10.4 Å². The lowest BCUT2D eigenvalue weighted by Gasteiger charge is -2.21. The molecule has 0 saturated carbocycles. The van der Waals surface area contributed by atoms with Crippen molar-refractivity contribution in [3.63, 3.8) is 0 Å². The van der Waals surface area contributed by atoms with Gasteiger partial charge in [-0.05, 0) is 41.2 Å². The van der Waals surface area contributed by atoms with Gasteiger partial charge in [0, 0.05) is 0 Å². The number of hydrogen-bond donors (Lipinski definition) is 2. The van der Waals surface area contributed by atoms with E-state index >= 15 is 0 Å². The summed E-state index contributed by atoms with van der Waals surface area (Å²) in [6, 6.07) is 16.7. The average molecular weight is 322 g/mol. The van der Waals surface area contributed by atoms with Gasteiger partial charge in [0.15, 0.2) is 0 Å². The molecule has 0 radical (unpaired) electrons. The van der Waals surface area contributed by atoms with Gasteiger partial charge in [0.25, 0.3) is 0 Å². The van der Waals surface area contributed by atoms with E-state index in [1.54, 1.807) is 18.2 Å². The van der Waals surface area contributed by atoms with Crippen LogP contribution in [0.2, 0.25) is 0 Å². The van der Waals surface area contributed by atoms with E-state index in [1.807, 2.05) is 36.4 Å². The topological polar surface area (TPSA) is 73.1 Å². The van der Waals surface area contributed by atoms with Crippen molar-refractivity contribution >= 4 is 5.91 Å². The molecule has 0 aliphatic heterocycles. The predicted octanol–water partition coefficient (Wildman–Crippen LogP) is 3.83. The van der Waals surface area contributed by atoms with E-state index in [4.69, 9.17) is 5.26 Å². The van der Waals surface area contributed by atoms with Crippen LogP contribution in [0.4, 0.5) is 0 Å². The summed E-state index contributed by atoms with van der Waals surface area (Å²) >= 11 is 0. The van der Waals surface area contributed by atoms with Crippen molar-refractivity contribution in [1.29, 1.82) is 5.26 Å². The molecule has 1 unspecified atom stereocenters. The molecule has 4 heteroatoms. The van der Waals surface area contributed by atoms with E-state index in [9.17, 15) is 9.90 Å². The standard InChI is InChI=1S/C20H22N2O2/c1-14(2)12-19(20(24)22-11-10-21)18-9-4-3-8-17(18)15-6-5-7-16(23)13-15/h3-9,13-14,19,23H,11-12H2,1-2H3,(H,22,24). The van der Waals surface area contributed by atoms with Crippen LogP contribution < -0.4 is 5.32 Å². The van der Waals surface area contributed by atoms with Crippen LogP contribution in [0.3, 0.4) is 0 Å². The lowest BCUT2D eigenvalue weighted by atomic mass is 9.84. The van der Waals surface area contributed by atoms with Crippen molar-refractivity contribution in [2.45, 2.75) is 26.2 Å². The molecule has 0 fully saturated rings. The third-order valence-corrected chi connectivity index (χ3v) is 3.86. The second kappa shape index (κ2) is 8.16. The van der Waals surface area contributed by atoms with Gasteiger partial charge >= 0.3 is 0 Å². The van der Waals surface area contributed by atoms with Crippen molar-refractivity contribution in [3.8, 4) is 22.9 Å². The van der Waals surface area contributed by atoms with Crippen LogP contribution in [0, 0.1) is 17.2 Å². The molecule has 24 heavy (non-hydrogen) atoms. The Morgan fingerprint density at radius 1 is 1.21 bits per heavy atom. The molecule has 0 aromatic heterocycles. The predicted molar refractivity (Wildman–Crippen MR) is 94.4 cm³/mol. The number of carbonyl (C=O) groups excluding carboxylic acids is 1. The van der Waals surface area contributed by atoms with Gasteiger partial charge in [0.1, 0.15) is 12.3 Å². The maximum atomic E-state index is 12.6. The summed E-state index contributed by atoms with van der Waals surface area (Å²) < 4.78 is 0. The number of benzene rings is 2. The van der Waals surface area contributed by atoms with E-state index in [0.717, 1.165) is 16.7 Å². The molecule has 4 nitrogen and oxygen atoms in total. The number of nitriles is 1. The Bertz CT molecular complexity index is 747. The Balaban J connectivity index is 2.46. The lowest BCUT2D eigenvalue weighted by molar-refractivity contribution is -0.122. The van der Waals surface area contributed by atoms with Gasteiger partial charge in [0.2, 0.25) is 5.91 Å². The lowest BCUT2D eigenvalue weighted by Crippen LogP contribution is -2.30. The number of nitrogens with one attached hydrogen (secondary N) is 1. The van der Waals surface area contributed by atoms with E-state index in [2.05, 4.69) is 19.2 Å². The van der Waals surface area contributed by atoms with E-state index in [1.165, 1.54) is 0 Å². The quantitative estimate of drug-likeness (QED) is 0.794. The number of phenols is 1. The van der Waals surface area contributed by atoms with Crippen molar-refractivity contribution in [2.75, 3.05) is 6.54 Å². The molecule has 2 N–H and O–H groups in total. The fraction of sp³-hybridized carbons (Fsp3) is 0.300. The van der Waals surface area contributed by atoms with Crippen LogP contribution in [0.15, 0.2) is 48.5 Å². The highest BCUT2D eigenvalue weighted by atomic mass is 16.3. The normalized spacial score (nSPS) is 11.8. The Morgan fingerprint density at radius 3 is 2.62 bits per heavy atom. The van der Waals surface area contributed by atoms with Crippen LogP contribution in [0.25, 0.3) is 11.1 Å². The van der Waals surface area contributed by atoms with Gasteiger partial charge in [-0.25, -0.2) is 0 Å². The zero-order chi connectivity index (χ0) is 17.5. The van der Waals surface area contributed by atoms with Crippen molar-refractivity contribution in [3.05, 3.63) is 54.1 Å². The summed E-state index contributed by atoms with van der Waals surface area (Å²) in [5, 5.41) is 21.2. The van der Waals surface area contributed by atoms with Gasteiger partial charge in [-0.1, -0.05) is 50.2 Å². The molecule has 0 aliphatic carbocycles. The molecule has 0 spiro atoms. The minimum atomic E-state index is -0.336. The zero-order valence-electron chi connectivity index (χ0n) is 14.0. The Hall–Kier alpha value is -2.80. The van der Waals surface area contributed by atoms with Gasteiger partial charge in [-0.2, -0.15) is 5.26 Å². The zero-order valence-corrected chi connectivity index (χ0v) is 14.0. The number of hydrogen-bond acceptors (Lipinski definition) is 3. The molecule has 1 amide bonds. The van der Waals surface area contributed by atoms with E-state index < -0.39 is 0 Å². The second-order valence-electron chi connectivity index (χ2n) is 6.20. The average Bonchev–Trinajstić information content (AvgIpc) is 2.57. The minimum Gasteiger partial charge on any atom is -0.508 e. The highest BCUT2D eigenvalue weighted by molar-refractivity contribution is 5.87. The smallest absolute Gasteiger partial charge is 0.228 e. The summed E-state index contributed by atoms with van der Waals surface area (Å²) in [5.41, 5.74) is 2.70. The maximum Gasteiger partial charge on any atom is 0.228 e. The largest absolute Gasteiger partial charge is 0.508 e. The number of phenolic OH excluding ortho intramolecular Hbond substituents is 1. The molecular formula is C20H22N2O2. The number of nitrogens with zero attached hydrogens (tertiary/aromatic N) is 1. The molecule has 0 aliphatic rings. The van der Waals surface area contributed by atoms with Crippen molar-refractivity contribution in [1.82, 2.24) is 5.32 Å². The molecule has 0 bridgehead atoms. The van der Waals surface area contributed by atoms with Crippen LogP contribution in [0.5, 0.6) is 5.75 Å². The number of amides is 1. The van der Waals surface area contributed by atoms with Crippen LogP contribution >= 0.6 is 0 Å². The third-order valence-electron chi connectivity index (χ3n) is 3.86. The highest BCUT2D eigenvalue weighted by Gasteiger charge is 2.24. The summed E-state index contributed by atoms with van der Waals surface area (Å²) in [7, 11) is 0. The van der Waals surface area contributed by atoms with Crippen molar-refractivity contribution in [2.24, 2.45) is 5.92 Å². The first-order valence-corrected chi connectivity index (χ1v) is 8.06. The first kappa shape index (κ1) is 17.6. The number of carbonyl (C=O) groups is 1. The fourth-order valence-corrected chi connectivity index (χ4v) is 2.83. The molecule has 1 atom stereocenters. The maximum absolute atomic E-state index is 12.6. The second-order valence-corrected chi connectivity index (χ2v) is 6.20. The molecule has 2 aromatic carbocycles. The summed E-state index contributed by atoms with van der Waals surface area (Å²) in [4.78, 5) is 12.6. The molecule has 0 heterocycles. The molecule has 0 saturated heterocycles. The van der Waals surface area contributed by atoms with E-state index in [0.29, 0.717) is 12.3 Å². The van der Waals surface area contributed by atoms with Crippen LogP contribution in [-0.4, -0.2) is 17.6 Å². The third kappa shape index (κ3) is 4.36. The fourth-order valence-electron chi connectivity index (χ4n) is 2.83. The minimum absolute atomic E-state index is 0.00171. The van der Waals surface area contributed by atoms with Crippen LogP contribution in [0.1, 0.15) is 31.7 Å². The Morgan fingerprint density at radius 2 is 1.96 bits per heavy atom. The molecular weight excluding hydrogens is 300 g/mol. The summed E-state index contributed by atoms with van der Waals surface area (Å²) in [6.45, 7) is 4.14. The highest BCUT2D eigenvalue weighted by Crippen LogP contribution is 2.34. The van der Waals surface area contributed by atoms with E-state index in [-0.39, 0.29) is 24.1 Å². The molecule has 2 rings (SSSR count). The van der Waals surface area contributed by atoms with Gasteiger partial charge in [-0.3, -0.25) is 4.79 Å². The molecule has 2 aromatic rings. The van der Waals surface area contributed by atoms with Gasteiger partial charge in [-0.15, -0.1) is 0 Å². The summed E-state index contributed by atoms with van der Waals surface area (Å²) in [6.07, 6.45) is 0.688. The summed E-state index contributed by atoms with van der Waals surface area (Å²) in [5.74, 6) is 0.0477. The number of aromatic hydroxyl groups is 1. The van der Waals surface area contributed by atoms with Gasteiger partial charge in [0.05, 0.1) is 12.0 Å². The Labute approximate surface area is 142 Å². The van der Waals surface area contributed by atoms with Crippen molar-refractivity contribution < 1.29 is 9.90 Å².